The lowest BCUT2D eigenvalue weighted by atomic mass is 9.97. The lowest BCUT2D eigenvalue weighted by molar-refractivity contribution is -0.133. The molecule has 3 aromatic rings. The number of rotatable bonds is 4. The maximum atomic E-state index is 12.8. The number of anilines is 1. The van der Waals surface area contributed by atoms with Crippen LogP contribution in [0.2, 0.25) is 5.02 Å². The molecule has 0 N–H and O–H groups in total. The topological polar surface area (TPSA) is 47.4 Å². The molecule has 7 rings (SSSR count). The predicted molar refractivity (Wildman–Crippen MR) is 122 cm³/mol. The van der Waals surface area contributed by atoms with E-state index in [-0.39, 0.29) is 5.56 Å². The maximum Gasteiger partial charge on any atom is 0.251 e. The predicted octanol–water partition coefficient (Wildman–Crippen LogP) is 3.91. The van der Waals surface area contributed by atoms with E-state index in [9.17, 15) is 4.79 Å². The van der Waals surface area contributed by atoms with Gasteiger partial charge in [0.15, 0.2) is 0 Å². The number of halogens is 1. The van der Waals surface area contributed by atoms with Gasteiger partial charge in [0.25, 0.3) is 5.56 Å². The van der Waals surface area contributed by atoms with Crippen LogP contribution in [0.25, 0.3) is 5.57 Å². The highest BCUT2D eigenvalue weighted by atomic mass is 35.5. The first kappa shape index (κ1) is 18.8. The van der Waals surface area contributed by atoms with Gasteiger partial charge in [0.1, 0.15) is 0 Å². The van der Waals surface area contributed by atoms with E-state index in [1.54, 1.807) is 10.6 Å². The molecule has 2 aromatic heterocycles. The first-order valence-corrected chi connectivity index (χ1v) is 11.1. The number of morpholine rings is 1. The third kappa shape index (κ3) is 3.48. The molecule has 3 fully saturated rings. The number of hydrogen-bond acceptors (Lipinski definition) is 4. The van der Waals surface area contributed by atoms with E-state index in [1.165, 1.54) is 6.42 Å². The number of piperidine rings is 1. The minimum atomic E-state index is -0.0239. The molecule has 2 unspecified atom stereocenters. The molecule has 2 bridgehead atoms. The summed E-state index contributed by atoms with van der Waals surface area (Å²) in [5.41, 5.74) is 6.35. The highest BCUT2D eigenvalue weighted by Crippen LogP contribution is 2.36. The molecule has 2 atom stereocenters. The standard InChI is InChI=1S/C25H22ClN3O2/c26-18-3-1-2-16(8-18)13-28-7-6-17(9-25(28)30)22-4-5-24-23(22)10-19(12-27-24)29-14-20-11-21(15-29)31-20/h1-4,6-10,12,20-21H,5,11,13-15H2. The van der Waals surface area contributed by atoms with Crippen molar-refractivity contribution in [3.05, 3.63) is 98.7 Å². The molecule has 3 saturated heterocycles. The van der Waals surface area contributed by atoms with Crippen LogP contribution in [0.15, 0.2) is 65.7 Å². The molecule has 3 aliphatic heterocycles. The third-order valence-corrected chi connectivity index (χ3v) is 6.65. The van der Waals surface area contributed by atoms with Crippen molar-refractivity contribution < 1.29 is 4.74 Å². The number of aromatic nitrogens is 2. The molecule has 31 heavy (non-hydrogen) atoms. The van der Waals surface area contributed by atoms with Gasteiger partial charge in [-0.1, -0.05) is 29.8 Å². The van der Waals surface area contributed by atoms with E-state index >= 15 is 0 Å². The Balaban J connectivity index is 1.27. The van der Waals surface area contributed by atoms with Crippen LogP contribution in [0, 0.1) is 0 Å². The Bertz CT molecular complexity index is 1250. The van der Waals surface area contributed by atoms with Crippen LogP contribution in [0.4, 0.5) is 5.69 Å². The Hall–Kier alpha value is -2.89. The summed E-state index contributed by atoms with van der Waals surface area (Å²) >= 11 is 6.08. The molecule has 0 radical (unpaired) electrons. The number of ether oxygens (including phenoxy) is 1. The molecule has 1 aromatic carbocycles. The lowest BCUT2D eigenvalue weighted by Crippen LogP contribution is -2.57. The van der Waals surface area contributed by atoms with Gasteiger partial charge in [0.05, 0.1) is 36.3 Å². The molecule has 156 valence electrons. The number of benzene rings is 1. The third-order valence-electron chi connectivity index (χ3n) is 6.42. The van der Waals surface area contributed by atoms with Crippen molar-refractivity contribution in [3.63, 3.8) is 0 Å². The van der Waals surface area contributed by atoms with Crippen LogP contribution in [0.5, 0.6) is 0 Å². The van der Waals surface area contributed by atoms with Gasteiger partial charge < -0.3 is 14.2 Å². The van der Waals surface area contributed by atoms with E-state index in [4.69, 9.17) is 21.3 Å². The van der Waals surface area contributed by atoms with Crippen molar-refractivity contribution in [2.45, 2.75) is 31.6 Å². The quantitative estimate of drug-likeness (QED) is 0.628. The zero-order chi connectivity index (χ0) is 20.9. The van der Waals surface area contributed by atoms with Crippen molar-refractivity contribution in [2.24, 2.45) is 0 Å². The molecule has 0 spiro atoms. The summed E-state index contributed by atoms with van der Waals surface area (Å²) in [5.74, 6) is 0. The van der Waals surface area contributed by atoms with Gasteiger partial charge in [-0.3, -0.25) is 9.78 Å². The second-order valence-electron chi connectivity index (χ2n) is 8.54. The summed E-state index contributed by atoms with van der Waals surface area (Å²) in [6.07, 6.45) is 8.70. The Morgan fingerprint density at radius 2 is 1.97 bits per heavy atom. The number of nitrogens with zero attached hydrogens (tertiary/aromatic N) is 3. The Morgan fingerprint density at radius 3 is 2.74 bits per heavy atom. The van der Waals surface area contributed by atoms with Gasteiger partial charge in [-0.15, -0.1) is 0 Å². The normalized spacial score (nSPS) is 21.5. The van der Waals surface area contributed by atoms with Crippen LogP contribution in [-0.2, 0) is 17.7 Å². The molecule has 0 amide bonds. The van der Waals surface area contributed by atoms with E-state index in [0.29, 0.717) is 23.8 Å². The smallest absolute Gasteiger partial charge is 0.251 e. The summed E-state index contributed by atoms with van der Waals surface area (Å²) in [6, 6.07) is 13.6. The molecule has 6 heteroatoms. The van der Waals surface area contributed by atoms with Crippen molar-refractivity contribution >= 4 is 22.9 Å². The Kier molecular flexibility index (Phi) is 4.47. The average molecular weight is 432 g/mol. The second kappa shape index (κ2) is 7.36. The fourth-order valence-electron chi connectivity index (χ4n) is 4.84. The van der Waals surface area contributed by atoms with Gasteiger partial charge in [-0.05, 0) is 41.0 Å². The largest absolute Gasteiger partial charge is 0.371 e. The van der Waals surface area contributed by atoms with E-state index in [0.717, 1.165) is 53.2 Å². The Morgan fingerprint density at radius 1 is 1.13 bits per heavy atom. The van der Waals surface area contributed by atoms with Crippen molar-refractivity contribution in [2.75, 3.05) is 18.0 Å². The Labute approximate surface area is 185 Å². The first-order valence-electron chi connectivity index (χ1n) is 10.7. The monoisotopic (exact) mass is 431 g/mol. The van der Waals surface area contributed by atoms with Crippen LogP contribution in [0.3, 0.4) is 0 Å². The zero-order valence-corrected chi connectivity index (χ0v) is 17.8. The van der Waals surface area contributed by atoms with Gasteiger partial charge in [0, 0.05) is 48.8 Å². The number of hydrogen-bond donors (Lipinski definition) is 0. The number of fused-ring (bicyclic) bond motifs is 3. The fraction of sp³-hybridized carbons (Fsp3) is 0.280. The second-order valence-corrected chi connectivity index (χ2v) is 8.98. The minimum absolute atomic E-state index is 0.0239. The summed E-state index contributed by atoms with van der Waals surface area (Å²) in [7, 11) is 0. The van der Waals surface area contributed by atoms with E-state index < -0.39 is 0 Å². The van der Waals surface area contributed by atoms with E-state index in [1.807, 2.05) is 42.7 Å². The molecule has 1 aliphatic carbocycles. The summed E-state index contributed by atoms with van der Waals surface area (Å²) < 4.78 is 7.47. The van der Waals surface area contributed by atoms with E-state index in [2.05, 4.69) is 17.0 Å². The van der Waals surface area contributed by atoms with Gasteiger partial charge >= 0.3 is 0 Å². The molecule has 5 nitrogen and oxygen atoms in total. The summed E-state index contributed by atoms with van der Waals surface area (Å²) in [6.45, 7) is 2.35. The molecule has 5 heterocycles. The molecule has 0 saturated carbocycles. The lowest BCUT2D eigenvalue weighted by Gasteiger charge is -2.47. The molecular formula is C25H22ClN3O2. The zero-order valence-electron chi connectivity index (χ0n) is 17.0. The minimum Gasteiger partial charge on any atom is -0.371 e. The highest BCUT2D eigenvalue weighted by Gasteiger charge is 2.38. The van der Waals surface area contributed by atoms with Crippen molar-refractivity contribution in [3.8, 4) is 0 Å². The SMILES string of the molecule is O=c1cc(C2=CCc3ncc(N4CC5CC(C4)O5)cc32)ccn1Cc1cccc(Cl)c1. The number of allylic oxidation sites excluding steroid dienone is 1. The van der Waals surface area contributed by atoms with Crippen LogP contribution < -0.4 is 10.5 Å². The van der Waals surface area contributed by atoms with Crippen LogP contribution >= 0.6 is 11.6 Å². The summed E-state index contributed by atoms with van der Waals surface area (Å²) in [4.78, 5) is 19.9. The first-order chi connectivity index (χ1) is 15.1. The maximum absolute atomic E-state index is 12.8. The summed E-state index contributed by atoms with van der Waals surface area (Å²) in [5, 5.41) is 0.677. The van der Waals surface area contributed by atoms with Crippen LogP contribution in [-0.4, -0.2) is 34.8 Å². The highest BCUT2D eigenvalue weighted by molar-refractivity contribution is 6.30. The number of pyridine rings is 2. The van der Waals surface area contributed by atoms with Gasteiger partial charge in [-0.2, -0.15) is 0 Å². The van der Waals surface area contributed by atoms with Crippen LogP contribution in [0.1, 0.15) is 28.8 Å². The van der Waals surface area contributed by atoms with Gasteiger partial charge in [0.2, 0.25) is 0 Å². The fourth-order valence-corrected chi connectivity index (χ4v) is 5.05. The molecular weight excluding hydrogens is 410 g/mol. The molecule has 4 aliphatic rings. The average Bonchev–Trinajstić information content (AvgIpc) is 3.18. The van der Waals surface area contributed by atoms with Crippen molar-refractivity contribution in [1.29, 1.82) is 0 Å². The van der Waals surface area contributed by atoms with Crippen molar-refractivity contribution in [1.82, 2.24) is 9.55 Å². The van der Waals surface area contributed by atoms with Gasteiger partial charge in [-0.25, -0.2) is 0 Å².